The summed E-state index contributed by atoms with van der Waals surface area (Å²) in [5.74, 6) is -5.77. The van der Waals surface area contributed by atoms with E-state index in [2.05, 4.69) is 76.5 Å². The molecule has 14 aliphatic rings. The number of aliphatic hydroxyl groups excluding tert-OH is 2. The second-order valence-corrected chi connectivity index (χ2v) is 40.2. The van der Waals surface area contributed by atoms with Crippen molar-refractivity contribution < 1.29 is 144 Å². The highest BCUT2D eigenvalue weighted by atomic mass is 16.8. The molecule has 5 unspecified atom stereocenters. The van der Waals surface area contributed by atoms with Crippen molar-refractivity contribution in [2.75, 3.05) is 54.9 Å². The molecule has 0 saturated carbocycles. The van der Waals surface area contributed by atoms with Crippen molar-refractivity contribution in [3.8, 4) is 0 Å². The van der Waals surface area contributed by atoms with E-state index in [9.17, 15) is 39.6 Å². The van der Waals surface area contributed by atoms with E-state index in [4.69, 9.17) is 104 Å². The van der Waals surface area contributed by atoms with Gasteiger partial charge < -0.3 is 135 Å². The second kappa shape index (κ2) is 44.9. The average molecular weight is 1890 g/mol. The number of allylic oxidation sites excluding steroid dienone is 4. The maximum absolute atomic E-state index is 14.6. The molecule has 0 aromatic rings. The fraction of sp³-hybridized carbons (Fsp3) is 0.765. The van der Waals surface area contributed by atoms with Crippen LogP contribution in [-0.2, 0) is 114 Å². The van der Waals surface area contributed by atoms with Gasteiger partial charge in [0.15, 0.2) is 36.7 Å². The molecular formula is C102H152N2O30. The maximum Gasteiger partial charge on any atom is 0.407 e. The lowest BCUT2D eigenvalue weighted by Gasteiger charge is -2.48. The first-order valence-corrected chi connectivity index (χ1v) is 49.2. The molecule has 4 bridgehead atoms. The number of carbonyl (C=O) groups excluding carboxylic acids is 4. The summed E-state index contributed by atoms with van der Waals surface area (Å²) in [7, 11) is 6.38. The molecule has 6 N–H and O–H groups in total. The fourth-order valence-corrected chi connectivity index (χ4v) is 22.5. The van der Waals surface area contributed by atoms with Gasteiger partial charge >= 0.3 is 24.1 Å². The number of amides is 2. The minimum atomic E-state index is -1.90. The molecule has 12 aliphatic heterocycles. The predicted molar refractivity (Wildman–Crippen MR) is 488 cm³/mol. The zero-order chi connectivity index (χ0) is 96.2. The van der Waals surface area contributed by atoms with Gasteiger partial charge in [-0.15, -0.1) is 0 Å². The van der Waals surface area contributed by atoms with Crippen molar-refractivity contribution in [2.24, 2.45) is 47.3 Å². The first kappa shape index (κ1) is 104. The number of carbonyl (C=O) groups is 4. The van der Waals surface area contributed by atoms with Crippen LogP contribution < -0.4 is 10.6 Å². The minimum Gasteiger partial charge on any atom is -0.462 e. The monoisotopic (exact) mass is 1890 g/mol. The highest BCUT2D eigenvalue weighted by Crippen LogP contribution is 2.51. The lowest BCUT2D eigenvalue weighted by molar-refractivity contribution is -0.311. The van der Waals surface area contributed by atoms with Gasteiger partial charge in [-0.3, -0.25) is 9.59 Å². The van der Waals surface area contributed by atoms with E-state index in [-0.39, 0.29) is 99.8 Å². The van der Waals surface area contributed by atoms with Crippen LogP contribution in [0.4, 0.5) is 9.59 Å². The van der Waals surface area contributed by atoms with E-state index in [1.54, 1.807) is 66.6 Å². The van der Waals surface area contributed by atoms with Crippen molar-refractivity contribution in [3.05, 3.63) is 119 Å². The Labute approximate surface area is 790 Å². The number of esters is 2. The van der Waals surface area contributed by atoms with Crippen molar-refractivity contribution in [1.29, 1.82) is 0 Å². The summed E-state index contributed by atoms with van der Waals surface area (Å²) in [5, 5.41) is 54.1. The van der Waals surface area contributed by atoms with Crippen molar-refractivity contribution in [3.63, 3.8) is 0 Å². The summed E-state index contributed by atoms with van der Waals surface area (Å²) in [6.45, 7) is 32.0. The number of hydrogen-bond donors (Lipinski definition) is 6. The van der Waals surface area contributed by atoms with Crippen molar-refractivity contribution in [1.82, 2.24) is 10.6 Å². The summed E-state index contributed by atoms with van der Waals surface area (Å²) in [5.41, 5.74) is -0.0911. The number of fused-ring (bicyclic) bond motifs is 4. The number of alkyl carbamates (subject to hydrolysis) is 2. The topological polar surface area (TPSA) is 376 Å². The van der Waals surface area contributed by atoms with Crippen LogP contribution in [0.1, 0.15) is 201 Å². The summed E-state index contributed by atoms with van der Waals surface area (Å²) in [6.07, 6.45) is 14.5. The molecule has 0 aromatic carbocycles. The molecule has 32 heteroatoms. The van der Waals surface area contributed by atoms with Crippen molar-refractivity contribution >= 4 is 24.1 Å². The molecule has 2 amide bonds. The third-order valence-corrected chi connectivity index (χ3v) is 30.7. The average Bonchev–Trinajstić information content (AvgIpc) is 1.55. The second-order valence-electron chi connectivity index (χ2n) is 40.2. The molecule has 8 fully saturated rings. The Morgan fingerprint density at radius 1 is 0.470 bits per heavy atom. The van der Waals surface area contributed by atoms with Crippen LogP contribution in [0.3, 0.4) is 0 Å². The summed E-state index contributed by atoms with van der Waals surface area (Å²) >= 11 is 0. The van der Waals surface area contributed by atoms with Crippen molar-refractivity contribution in [2.45, 2.75) is 395 Å². The molecule has 0 radical (unpaired) electrons. The Bertz CT molecular complexity index is 4070. The van der Waals surface area contributed by atoms with Crippen LogP contribution in [0, 0.1) is 47.3 Å². The van der Waals surface area contributed by atoms with Gasteiger partial charge in [-0.2, -0.15) is 0 Å². The van der Waals surface area contributed by atoms with E-state index in [1.165, 1.54) is 0 Å². The van der Waals surface area contributed by atoms with E-state index in [1.807, 2.05) is 91.8 Å². The molecule has 32 nitrogen and oxygen atoms in total. The highest BCUT2D eigenvalue weighted by Gasteiger charge is 2.63. The number of rotatable bonds is 23. The maximum atomic E-state index is 14.6. The van der Waals surface area contributed by atoms with E-state index in [0.717, 1.165) is 24.0 Å². The molecule has 14 rings (SSSR count). The standard InChI is InChI=1S/C102H152N2O30/c1-21-53(3)89-59(9)35-37-99(133-89)49-71-43-69(131-99)33-31-57(7)87(55(5)27-25-29-67-51-119-93-85(105)61(11)41-73(95(107)125-71)101(67,93)111)127-81-47-77(115-19)91(65(15)123-81)129-79-45-75(113-17)83(63(13)121-79)103-97(109)117-39-23-24-40-118-98(110)104-84-64(14)122-80(46-76(84)114-18)130-92-66(16)124-82(48-78(92)116-20)128-88-56(6)28-26-30-68-52-120-94-86(106)62(12)42-74(102(68,94)112)96(108)126-72-44-70(34-32-58(88)8)132-100(50-72)38-36-60(10)90(134-100)54(4)22-2/h25-32,35-38,41-42,53-56,59-60,63-66,69-94,105-106,111-112H,21-24,33-34,39-40,43-52H2,1-20H3,(H,103,109)(H,104,110)/b27-25+,28-26+,57-31+,58-32+,67-29+,68-30+/t53-,54-,55-,56-,59-,60-,63-,64-,65-,66-,69+,70+,71-,72-,73-,74?,75-,76-,77-,78-,79?,80-,81?,82-,83+,84+,85+,86+,87-,88-,89+,90+,91-,92-,93+,94?,99+,100+,101+,102?/m0/s1. The number of hydrogen-bond acceptors (Lipinski definition) is 30. The molecule has 750 valence electrons. The van der Waals surface area contributed by atoms with Gasteiger partial charge in [0.2, 0.25) is 0 Å². The van der Waals surface area contributed by atoms with Crippen LogP contribution in [0.2, 0.25) is 0 Å². The van der Waals surface area contributed by atoms with Crippen LogP contribution in [-0.4, -0.2) is 294 Å². The van der Waals surface area contributed by atoms with Gasteiger partial charge in [-0.25, -0.2) is 9.59 Å². The third kappa shape index (κ3) is 22.9. The number of ether oxygens (including phenoxy) is 22. The zero-order valence-corrected chi connectivity index (χ0v) is 82.0. The fourth-order valence-electron chi connectivity index (χ4n) is 22.5. The van der Waals surface area contributed by atoms with E-state index >= 15 is 0 Å². The predicted octanol–water partition coefficient (Wildman–Crippen LogP) is 12.0. The zero-order valence-electron chi connectivity index (χ0n) is 82.0. The van der Waals surface area contributed by atoms with Gasteiger partial charge in [-0.1, -0.05) is 141 Å². The summed E-state index contributed by atoms with van der Waals surface area (Å²) in [6, 6.07) is -1.22. The largest absolute Gasteiger partial charge is 0.462 e. The number of aliphatic hydroxyl groups is 4. The van der Waals surface area contributed by atoms with Gasteiger partial charge in [-0.05, 0) is 138 Å². The Kier molecular flexibility index (Phi) is 34.8. The highest BCUT2D eigenvalue weighted by molar-refractivity contribution is 5.79. The van der Waals surface area contributed by atoms with E-state index < -0.39 is 218 Å². The van der Waals surface area contributed by atoms with Gasteiger partial charge in [0, 0.05) is 103 Å². The molecule has 0 aromatic heterocycles. The van der Waals surface area contributed by atoms with Crippen LogP contribution in [0.15, 0.2) is 119 Å². The normalized spacial score (nSPS) is 46.3. The number of methoxy groups -OCH3 is 4. The third-order valence-electron chi connectivity index (χ3n) is 30.7. The first-order chi connectivity index (χ1) is 63.9. The quantitative estimate of drug-likeness (QED) is 0.0239. The minimum absolute atomic E-state index is 0.0141. The SMILES string of the molecule is CC[C@H](C)[C@H]1O[C@]2(C=C[C@@H]1C)C[C@@H]1C[C@@H](C/C=C(\C)[C@@H](O[C@H]3C[C@H](OC)[C@@H](O[C@H]4C[C@H](OC)[C@H](NC(=O)OCCCCOC(=O)N[C@@H]5[C@H](C)OC(O[C@H]6[C@H](C)OC(O[C@@H]7/C(C)=C/C[C@@H]8C[C@@H](C[C@]9(C=C[C@H](C)[C@@H]([C@@H](C)CC)O9)O8)OC(=O)[C@@H]8C=C(C)[C@@H](O)[C@H]9OC/C(=C\C=C\[C@@H]7C)[C@]98O)C[C@@H]6OC)C[C@@H]5OC)[C@H](C)O4)[C@H](C)O3)[C@@H](C)/C=C/C=C3\COC4[C@H](O)C(C)=CC(C(=O)O1)C34O)O2. The Hall–Kier alpha value is -6.00. The Balaban J connectivity index is 0.534. The molecule has 8 saturated heterocycles. The molecule has 2 spiro atoms. The van der Waals surface area contributed by atoms with Crippen LogP contribution in [0.5, 0.6) is 0 Å². The first-order valence-electron chi connectivity index (χ1n) is 49.2. The van der Waals surface area contributed by atoms with E-state index in [0.29, 0.717) is 73.7 Å². The van der Waals surface area contributed by atoms with Crippen LogP contribution >= 0.6 is 0 Å². The lowest BCUT2D eigenvalue weighted by Crippen LogP contribution is -2.59. The summed E-state index contributed by atoms with van der Waals surface area (Å²) < 4.78 is 143. The smallest absolute Gasteiger partial charge is 0.407 e. The number of nitrogens with one attached hydrogen (secondary N) is 2. The Morgan fingerprint density at radius 3 is 1.21 bits per heavy atom. The van der Waals surface area contributed by atoms with Gasteiger partial charge in [0.1, 0.15) is 71.9 Å². The van der Waals surface area contributed by atoms with Gasteiger partial charge in [0.25, 0.3) is 0 Å². The molecule has 40 atom stereocenters. The molecule has 2 aliphatic carbocycles. The Morgan fingerprint density at radius 2 is 0.836 bits per heavy atom. The molecule has 134 heavy (non-hydrogen) atoms. The number of unbranched alkanes of at least 4 members (excludes halogenated alkanes) is 1. The summed E-state index contributed by atoms with van der Waals surface area (Å²) in [4.78, 5) is 56.1. The molecule has 12 heterocycles. The molecular weight excluding hydrogens is 1730 g/mol. The lowest BCUT2D eigenvalue weighted by atomic mass is 9.71. The van der Waals surface area contributed by atoms with Crippen LogP contribution in [0.25, 0.3) is 0 Å². The van der Waals surface area contributed by atoms with Gasteiger partial charge in [0.05, 0.1) is 124 Å².